The molecule has 0 aliphatic carbocycles. The van der Waals surface area contributed by atoms with Crippen LogP contribution in [0.5, 0.6) is 0 Å². The Kier molecular flexibility index (Phi) is 5.69. The van der Waals surface area contributed by atoms with Crippen molar-refractivity contribution in [3.05, 3.63) is 84.1 Å². The molecule has 1 atom stereocenters. The van der Waals surface area contributed by atoms with Gasteiger partial charge in [0.2, 0.25) is 5.91 Å². The summed E-state index contributed by atoms with van der Waals surface area (Å²) in [6, 6.07) is 21.6. The van der Waals surface area contributed by atoms with Crippen LogP contribution >= 0.6 is 0 Å². The Bertz CT molecular complexity index is 876. The summed E-state index contributed by atoms with van der Waals surface area (Å²) in [6.07, 6.45) is 4.26. The van der Waals surface area contributed by atoms with Crippen molar-refractivity contribution in [3.63, 3.8) is 0 Å². The molecule has 2 aromatic carbocycles. The van der Waals surface area contributed by atoms with Crippen molar-refractivity contribution in [2.75, 3.05) is 5.32 Å². The van der Waals surface area contributed by atoms with E-state index in [9.17, 15) is 4.79 Å². The fourth-order valence-corrected chi connectivity index (χ4v) is 2.67. The first-order valence-corrected chi connectivity index (χ1v) is 8.90. The van der Waals surface area contributed by atoms with Gasteiger partial charge in [0.05, 0.1) is 0 Å². The number of amides is 1. The molecule has 3 aromatic rings. The first-order chi connectivity index (χ1) is 12.7. The van der Waals surface area contributed by atoms with Crippen LogP contribution in [-0.2, 0) is 4.79 Å². The van der Waals surface area contributed by atoms with Gasteiger partial charge in [-0.15, -0.1) is 0 Å². The van der Waals surface area contributed by atoms with E-state index in [0.29, 0.717) is 11.7 Å². The number of carbonyl (C=O) groups is 1. The molecule has 3 rings (SSSR count). The zero-order valence-electron chi connectivity index (χ0n) is 15.1. The van der Waals surface area contributed by atoms with Crippen molar-refractivity contribution >= 4 is 17.7 Å². The van der Waals surface area contributed by atoms with Gasteiger partial charge in [-0.3, -0.25) is 4.79 Å². The maximum atomic E-state index is 12.1. The second kappa shape index (κ2) is 8.34. The molecule has 0 spiro atoms. The quantitative estimate of drug-likeness (QED) is 0.547. The Labute approximate surface area is 154 Å². The van der Waals surface area contributed by atoms with Crippen molar-refractivity contribution in [1.82, 2.24) is 0 Å². The first kappa shape index (κ1) is 17.7. The number of anilines is 1. The molecule has 0 saturated heterocycles. The van der Waals surface area contributed by atoms with Crippen molar-refractivity contribution in [2.24, 2.45) is 0 Å². The maximum Gasteiger partial charge on any atom is 0.248 e. The molecule has 1 aromatic heterocycles. The molecule has 0 aliphatic rings. The molecule has 0 bridgehead atoms. The number of hydrogen-bond donors (Lipinski definition) is 1. The van der Waals surface area contributed by atoms with Gasteiger partial charge in [-0.2, -0.15) is 0 Å². The predicted octanol–water partition coefficient (Wildman–Crippen LogP) is 6.11. The van der Waals surface area contributed by atoms with Crippen molar-refractivity contribution in [2.45, 2.75) is 26.2 Å². The first-order valence-electron chi connectivity index (χ1n) is 8.90. The average molecular weight is 345 g/mol. The summed E-state index contributed by atoms with van der Waals surface area (Å²) in [5.41, 5.74) is 3.08. The van der Waals surface area contributed by atoms with Crippen LogP contribution in [0.4, 0.5) is 5.69 Å². The van der Waals surface area contributed by atoms with Crippen LogP contribution in [0.15, 0.2) is 77.2 Å². The smallest absolute Gasteiger partial charge is 0.248 e. The molecule has 0 saturated carbocycles. The number of nitrogens with one attached hydrogen (secondary N) is 1. The average Bonchev–Trinajstić information content (AvgIpc) is 3.16. The Morgan fingerprint density at radius 2 is 1.77 bits per heavy atom. The zero-order valence-corrected chi connectivity index (χ0v) is 15.1. The highest BCUT2D eigenvalue weighted by Crippen LogP contribution is 2.23. The van der Waals surface area contributed by atoms with Crippen LogP contribution in [0.2, 0.25) is 0 Å². The predicted molar refractivity (Wildman–Crippen MR) is 107 cm³/mol. The number of furan rings is 1. The Morgan fingerprint density at radius 3 is 2.46 bits per heavy atom. The van der Waals surface area contributed by atoms with Gasteiger partial charge >= 0.3 is 0 Å². The number of carbonyl (C=O) groups excluding carboxylic acids is 1. The molecular weight excluding hydrogens is 322 g/mol. The highest BCUT2D eigenvalue weighted by atomic mass is 16.3. The summed E-state index contributed by atoms with van der Waals surface area (Å²) in [7, 11) is 0. The van der Waals surface area contributed by atoms with Gasteiger partial charge in [-0.25, -0.2) is 0 Å². The third-order valence-electron chi connectivity index (χ3n) is 4.44. The molecular formula is C23H23NO2. The molecule has 3 heteroatoms. The molecule has 0 fully saturated rings. The van der Waals surface area contributed by atoms with Gasteiger partial charge < -0.3 is 9.73 Å². The second-order valence-electron chi connectivity index (χ2n) is 6.32. The number of rotatable bonds is 6. The monoisotopic (exact) mass is 345 g/mol. The van der Waals surface area contributed by atoms with E-state index >= 15 is 0 Å². The highest BCUT2D eigenvalue weighted by Gasteiger charge is 2.05. The molecule has 1 N–H and O–H groups in total. The SMILES string of the molecule is CC[C@H](C)c1ccc(NC(=O)/C=C/c2ccc(-c3ccccc3)o2)cc1. The lowest BCUT2D eigenvalue weighted by atomic mass is 9.99. The summed E-state index contributed by atoms with van der Waals surface area (Å²) < 4.78 is 5.76. The molecule has 0 radical (unpaired) electrons. The number of hydrogen-bond acceptors (Lipinski definition) is 2. The molecule has 1 heterocycles. The normalized spacial score (nSPS) is 12.2. The summed E-state index contributed by atoms with van der Waals surface area (Å²) >= 11 is 0. The van der Waals surface area contributed by atoms with Gasteiger partial charge in [0, 0.05) is 17.3 Å². The Hall–Kier alpha value is -3.07. The van der Waals surface area contributed by atoms with Crippen molar-refractivity contribution in [1.29, 1.82) is 0 Å². The third kappa shape index (κ3) is 4.51. The summed E-state index contributed by atoms with van der Waals surface area (Å²) in [6.45, 7) is 4.37. The minimum Gasteiger partial charge on any atom is -0.457 e. The fourth-order valence-electron chi connectivity index (χ4n) is 2.67. The van der Waals surface area contributed by atoms with E-state index in [1.54, 1.807) is 6.08 Å². The van der Waals surface area contributed by atoms with Gasteiger partial charge in [-0.05, 0) is 48.2 Å². The second-order valence-corrected chi connectivity index (χ2v) is 6.32. The topological polar surface area (TPSA) is 42.2 Å². The van der Waals surface area contributed by atoms with E-state index in [2.05, 4.69) is 31.3 Å². The zero-order chi connectivity index (χ0) is 18.4. The lowest BCUT2D eigenvalue weighted by molar-refractivity contribution is -0.111. The van der Waals surface area contributed by atoms with Crippen LogP contribution < -0.4 is 5.32 Å². The molecule has 26 heavy (non-hydrogen) atoms. The minimum absolute atomic E-state index is 0.182. The molecule has 1 amide bonds. The van der Waals surface area contributed by atoms with Crippen molar-refractivity contribution in [3.8, 4) is 11.3 Å². The Morgan fingerprint density at radius 1 is 1.04 bits per heavy atom. The fraction of sp³-hybridized carbons (Fsp3) is 0.174. The van der Waals surface area contributed by atoms with Crippen molar-refractivity contribution < 1.29 is 9.21 Å². The number of benzene rings is 2. The van der Waals surface area contributed by atoms with Gasteiger partial charge in [0.1, 0.15) is 11.5 Å². The lowest BCUT2D eigenvalue weighted by Crippen LogP contribution is -2.07. The summed E-state index contributed by atoms with van der Waals surface area (Å²) in [5, 5.41) is 2.87. The maximum absolute atomic E-state index is 12.1. The van der Waals surface area contributed by atoms with E-state index in [0.717, 1.165) is 23.4 Å². The van der Waals surface area contributed by atoms with Crippen LogP contribution in [0.1, 0.15) is 37.5 Å². The third-order valence-corrected chi connectivity index (χ3v) is 4.44. The van der Waals surface area contributed by atoms with E-state index in [-0.39, 0.29) is 5.91 Å². The largest absolute Gasteiger partial charge is 0.457 e. The van der Waals surface area contributed by atoms with E-state index in [1.807, 2.05) is 54.6 Å². The van der Waals surface area contributed by atoms with E-state index in [1.165, 1.54) is 11.6 Å². The highest BCUT2D eigenvalue weighted by molar-refractivity contribution is 6.01. The van der Waals surface area contributed by atoms with Crippen LogP contribution in [0.25, 0.3) is 17.4 Å². The van der Waals surface area contributed by atoms with E-state index < -0.39 is 0 Å². The summed E-state index contributed by atoms with van der Waals surface area (Å²) in [4.78, 5) is 12.1. The van der Waals surface area contributed by atoms with E-state index in [4.69, 9.17) is 4.42 Å². The van der Waals surface area contributed by atoms with Crippen LogP contribution in [0.3, 0.4) is 0 Å². The minimum atomic E-state index is -0.182. The summed E-state index contributed by atoms with van der Waals surface area (Å²) in [5.74, 6) is 1.77. The van der Waals surface area contributed by atoms with Crippen LogP contribution in [-0.4, -0.2) is 5.91 Å². The van der Waals surface area contributed by atoms with Crippen LogP contribution in [0, 0.1) is 0 Å². The molecule has 3 nitrogen and oxygen atoms in total. The molecule has 0 aliphatic heterocycles. The lowest BCUT2D eigenvalue weighted by Gasteiger charge is -2.09. The van der Waals surface area contributed by atoms with Gasteiger partial charge in [0.25, 0.3) is 0 Å². The molecule has 132 valence electrons. The van der Waals surface area contributed by atoms with Gasteiger partial charge in [-0.1, -0.05) is 56.3 Å². The van der Waals surface area contributed by atoms with Gasteiger partial charge in [0.15, 0.2) is 0 Å². The standard InChI is InChI=1S/C23H23NO2/c1-3-17(2)18-9-11-20(12-10-18)24-23(25)16-14-21-13-15-22(26-21)19-7-5-4-6-8-19/h4-17H,3H2,1-2H3,(H,24,25)/b16-14+/t17-/m0/s1. The molecule has 0 unspecified atom stereocenters. The Balaban J connectivity index is 1.60.